The molecule has 0 aliphatic rings. The molecule has 1 rings (SSSR count). The second kappa shape index (κ2) is 5.71. The van der Waals surface area contributed by atoms with Crippen LogP contribution in [0.4, 0.5) is 0 Å². The Hall–Kier alpha value is -1.09. The molecule has 0 aliphatic heterocycles. The van der Waals surface area contributed by atoms with E-state index in [-0.39, 0.29) is 0 Å². The fourth-order valence-electron chi connectivity index (χ4n) is 1.43. The fraction of sp³-hybridized carbons (Fsp3) is 0.333. The van der Waals surface area contributed by atoms with Gasteiger partial charge in [-0.1, -0.05) is 6.58 Å². The second-order valence-electron chi connectivity index (χ2n) is 3.29. The first-order chi connectivity index (χ1) is 7.15. The molecule has 0 N–H and O–H groups in total. The van der Waals surface area contributed by atoms with E-state index in [1.165, 1.54) is 6.26 Å². The van der Waals surface area contributed by atoms with Crippen LogP contribution in [0, 0.1) is 13.8 Å². The predicted molar refractivity (Wildman–Crippen MR) is 64.8 cm³/mol. The zero-order valence-corrected chi connectivity index (χ0v) is 10.0. The van der Waals surface area contributed by atoms with Crippen molar-refractivity contribution in [3.05, 3.63) is 36.1 Å². The Morgan fingerprint density at radius 1 is 1.27 bits per heavy atom. The highest BCUT2D eigenvalue weighted by atomic mass is 32.1. The smallest absolute Gasteiger partial charge is 0.125 e. The van der Waals surface area contributed by atoms with Crippen molar-refractivity contribution in [2.24, 2.45) is 0 Å². The van der Waals surface area contributed by atoms with Crippen LogP contribution in [0.2, 0.25) is 0 Å². The maximum Gasteiger partial charge on any atom is 0.125 e. The van der Waals surface area contributed by atoms with Crippen molar-refractivity contribution in [2.45, 2.75) is 18.7 Å². The average Bonchev–Trinajstić information content (AvgIpc) is 2.15. The SMILES string of the molecule is C=COCCOc1c(C)cc(S)cc1C. The van der Waals surface area contributed by atoms with E-state index in [9.17, 15) is 0 Å². The number of aryl methyl sites for hydroxylation is 2. The molecule has 0 aliphatic carbocycles. The number of rotatable bonds is 5. The maximum atomic E-state index is 5.62. The Balaban J connectivity index is 2.64. The third-order valence-electron chi connectivity index (χ3n) is 2.01. The van der Waals surface area contributed by atoms with Crippen LogP contribution in [0.1, 0.15) is 11.1 Å². The van der Waals surface area contributed by atoms with Crippen molar-refractivity contribution in [3.8, 4) is 5.75 Å². The molecule has 3 heteroatoms. The molecule has 0 radical (unpaired) electrons. The molecule has 0 aromatic heterocycles. The van der Waals surface area contributed by atoms with Gasteiger partial charge >= 0.3 is 0 Å². The maximum absolute atomic E-state index is 5.62. The number of ether oxygens (including phenoxy) is 2. The van der Waals surface area contributed by atoms with Crippen molar-refractivity contribution < 1.29 is 9.47 Å². The first kappa shape index (κ1) is 12.0. The van der Waals surface area contributed by atoms with E-state index >= 15 is 0 Å². The van der Waals surface area contributed by atoms with Gasteiger partial charge in [-0.3, -0.25) is 0 Å². The normalized spacial score (nSPS) is 9.80. The van der Waals surface area contributed by atoms with Crippen LogP contribution in [-0.4, -0.2) is 13.2 Å². The Kier molecular flexibility index (Phi) is 4.56. The molecule has 0 saturated heterocycles. The van der Waals surface area contributed by atoms with Crippen molar-refractivity contribution in [2.75, 3.05) is 13.2 Å². The molecule has 1 aromatic rings. The Morgan fingerprint density at radius 3 is 2.40 bits per heavy atom. The molecule has 0 spiro atoms. The number of hydrogen-bond acceptors (Lipinski definition) is 3. The number of benzene rings is 1. The Bertz CT molecular complexity index is 324. The summed E-state index contributed by atoms with van der Waals surface area (Å²) in [5.41, 5.74) is 2.19. The summed E-state index contributed by atoms with van der Waals surface area (Å²) in [4.78, 5) is 0.958. The van der Waals surface area contributed by atoms with Crippen LogP contribution in [-0.2, 0) is 4.74 Å². The molecule has 0 fully saturated rings. The first-order valence-electron chi connectivity index (χ1n) is 4.80. The topological polar surface area (TPSA) is 18.5 Å². The Morgan fingerprint density at radius 2 is 1.87 bits per heavy atom. The molecule has 2 nitrogen and oxygen atoms in total. The minimum Gasteiger partial charge on any atom is -0.498 e. The lowest BCUT2D eigenvalue weighted by molar-refractivity contribution is 0.178. The molecule has 0 heterocycles. The van der Waals surface area contributed by atoms with Crippen molar-refractivity contribution in [1.82, 2.24) is 0 Å². The van der Waals surface area contributed by atoms with Crippen LogP contribution >= 0.6 is 12.6 Å². The lowest BCUT2D eigenvalue weighted by Gasteiger charge is -2.12. The minimum atomic E-state index is 0.519. The molecular formula is C12H16O2S. The zero-order chi connectivity index (χ0) is 11.3. The van der Waals surface area contributed by atoms with E-state index < -0.39 is 0 Å². The molecule has 1 aromatic carbocycles. The summed E-state index contributed by atoms with van der Waals surface area (Å²) in [6.07, 6.45) is 1.42. The number of hydrogen-bond donors (Lipinski definition) is 1. The average molecular weight is 224 g/mol. The van der Waals surface area contributed by atoms with Gasteiger partial charge in [-0.15, -0.1) is 12.6 Å². The van der Waals surface area contributed by atoms with E-state index in [0.29, 0.717) is 13.2 Å². The minimum absolute atomic E-state index is 0.519. The third kappa shape index (κ3) is 3.51. The predicted octanol–water partition coefficient (Wildman–Crippen LogP) is 3.13. The monoisotopic (exact) mass is 224 g/mol. The van der Waals surface area contributed by atoms with Gasteiger partial charge in [0.25, 0.3) is 0 Å². The van der Waals surface area contributed by atoms with Crippen molar-refractivity contribution >= 4 is 12.6 Å². The van der Waals surface area contributed by atoms with E-state index in [4.69, 9.17) is 9.47 Å². The molecule has 0 unspecified atom stereocenters. The van der Waals surface area contributed by atoms with E-state index in [1.807, 2.05) is 26.0 Å². The molecule has 15 heavy (non-hydrogen) atoms. The summed E-state index contributed by atoms with van der Waals surface area (Å²) in [6.45, 7) is 8.53. The standard InChI is InChI=1S/C12H16O2S/c1-4-13-5-6-14-12-9(2)7-11(15)8-10(12)3/h4,7-8,15H,1,5-6H2,2-3H3. The largest absolute Gasteiger partial charge is 0.498 e. The van der Waals surface area contributed by atoms with Gasteiger partial charge in [0.1, 0.15) is 19.0 Å². The highest BCUT2D eigenvalue weighted by Gasteiger charge is 2.04. The Labute approximate surface area is 96.3 Å². The zero-order valence-electron chi connectivity index (χ0n) is 9.12. The second-order valence-corrected chi connectivity index (χ2v) is 3.81. The lowest BCUT2D eigenvalue weighted by atomic mass is 10.1. The molecular weight excluding hydrogens is 208 g/mol. The van der Waals surface area contributed by atoms with E-state index in [1.54, 1.807) is 0 Å². The van der Waals surface area contributed by atoms with Crippen molar-refractivity contribution in [3.63, 3.8) is 0 Å². The van der Waals surface area contributed by atoms with Gasteiger partial charge < -0.3 is 9.47 Å². The highest BCUT2D eigenvalue weighted by molar-refractivity contribution is 7.80. The summed E-state index contributed by atoms with van der Waals surface area (Å²) in [5, 5.41) is 0. The summed E-state index contributed by atoms with van der Waals surface area (Å²) < 4.78 is 10.6. The summed E-state index contributed by atoms with van der Waals surface area (Å²) in [5.74, 6) is 0.917. The van der Waals surface area contributed by atoms with Crippen LogP contribution < -0.4 is 4.74 Å². The highest BCUT2D eigenvalue weighted by Crippen LogP contribution is 2.26. The summed E-state index contributed by atoms with van der Waals surface area (Å²) >= 11 is 4.30. The molecule has 0 saturated carbocycles. The van der Waals surface area contributed by atoms with Gasteiger partial charge in [0.2, 0.25) is 0 Å². The quantitative estimate of drug-likeness (QED) is 0.470. The van der Waals surface area contributed by atoms with E-state index in [2.05, 4.69) is 19.2 Å². The molecule has 0 bridgehead atoms. The summed E-state index contributed by atoms with van der Waals surface area (Å²) in [6, 6.07) is 3.97. The number of thiol groups is 1. The molecule has 0 atom stereocenters. The van der Waals surface area contributed by atoms with E-state index in [0.717, 1.165) is 21.8 Å². The first-order valence-corrected chi connectivity index (χ1v) is 5.25. The van der Waals surface area contributed by atoms with Gasteiger partial charge in [-0.05, 0) is 37.1 Å². The molecule has 0 amide bonds. The summed E-state index contributed by atoms with van der Waals surface area (Å²) in [7, 11) is 0. The third-order valence-corrected chi connectivity index (χ3v) is 2.27. The van der Waals surface area contributed by atoms with Gasteiger partial charge in [0, 0.05) is 4.90 Å². The van der Waals surface area contributed by atoms with Gasteiger partial charge in [0.05, 0.1) is 6.26 Å². The van der Waals surface area contributed by atoms with Gasteiger partial charge in [0.15, 0.2) is 0 Å². The van der Waals surface area contributed by atoms with Crippen LogP contribution in [0.3, 0.4) is 0 Å². The lowest BCUT2D eigenvalue weighted by Crippen LogP contribution is -2.06. The fourth-order valence-corrected chi connectivity index (χ4v) is 1.82. The van der Waals surface area contributed by atoms with Crippen LogP contribution in [0.15, 0.2) is 29.9 Å². The van der Waals surface area contributed by atoms with Gasteiger partial charge in [-0.2, -0.15) is 0 Å². The van der Waals surface area contributed by atoms with Crippen LogP contribution in [0.25, 0.3) is 0 Å². The molecule has 82 valence electrons. The van der Waals surface area contributed by atoms with Gasteiger partial charge in [-0.25, -0.2) is 0 Å². The van der Waals surface area contributed by atoms with Crippen LogP contribution in [0.5, 0.6) is 5.75 Å². The van der Waals surface area contributed by atoms with Crippen molar-refractivity contribution in [1.29, 1.82) is 0 Å².